The molecule has 0 aliphatic heterocycles. The van der Waals surface area contributed by atoms with Crippen LogP contribution in [0.1, 0.15) is 12.2 Å². The van der Waals surface area contributed by atoms with E-state index in [4.69, 9.17) is 5.11 Å². The minimum absolute atomic E-state index is 0.169. The van der Waals surface area contributed by atoms with Crippen LogP contribution in [0, 0.1) is 0 Å². The molecule has 0 aromatic carbocycles. The predicted molar refractivity (Wildman–Crippen MR) is 67.8 cm³/mol. The molecule has 0 aliphatic rings. The summed E-state index contributed by atoms with van der Waals surface area (Å²) in [4.78, 5) is 9.46. The fourth-order valence-corrected chi connectivity index (χ4v) is 1.90. The van der Waals surface area contributed by atoms with Crippen LogP contribution in [0.25, 0.3) is 0 Å². The summed E-state index contributed by atoms with van der Waals surface area (Å²) in [5, 5.41) is 13.2. The highest BCUT2D eigenvalue weighted by Gasteiger charge is 2.06. The number of hydrogen-bond donors (Lipinski definition) is 2. The van der Waals surface area contributed by atoms with E-state index in [1.807, 2.05) is 23.1 Å². The number of aliphatic hydroxyl groups excluding tert-OH is 1. The number of rotatable bonds is 8. The van der Waals surface area contributed by atoms with Gasteiger partial charge in [-0.15, -0.1) is 0 Å². The molecule has 0 radical (unpaired) electrons. The highest BCUT2D eigenvalue weighted by molar-refractivity contribution is 4.86. The summed E-state index contributed by atoms with van der Waals surface area (Å²) in [7, 11) is 0. The molecule has 0 amide bonds. The first-order valence-electron chi connectivity index (χ1n) is 6.17. The number of aliphatic hydroxyl groups is 1. The molecule has 2 aromatic heterocycles. The molecule has 98 valence electrons. The number of H-pyrrole nitrogens is 1. The molecule has 2 aromatic rings. The topological polar surface area (TPSA) is 70.0 Å². The van der Waals surface area contributed by atoms with Crippen molar-refractivity contribution in [3.05, 3.63) is 36.7 Å². The minimum atomic E-state index is 0.169. The van der Waals surface area contributed by atoms with Gasteiger partial charge in [-0.3, -0.25) is 9.58 Å². The van der Waals surface area contributed by atoms with Crippen molar-refractivity contribution in [3.8, 4) is 0 Å². The summed E-state index contributed by atoms with van der Waals surface area (Å²) < 4.78 is 1.92. The second kappa shape index (κ2) is 6.93. The van der Waals surface area contributed by atoms with Crippen LogP contribution < -0.4 is 0 Å². The van der Waals surface area contributed by atoms with E-state index in [-0.39, 0.29) is 6.61 Å². The SMILES string of the molecule is OCCN(CCCn1cccn1)Cc1ncc[nH]1. The van der Waals surface area contributed by atoms with Gasteiger partial charge in [0.05, 0.1) is 13.2 Å². The maximum Gasteiger partial charge on any atom is 0.120 e. The molecule has 0 unspecified atom stereocenters. The lowest BCUT2D eigenvalue weighted by Crippen LogP contribution is -2.28. The molecular weight excluding hydrogens is 230 g/mol. The molecule has 0 spiro atoms. The fourth-order valence-electron chi connectivity index (χ4n) is 1.90. The number of aromatic nitrogens is 4. The van der Waals surface area contributed by atoms with Crippen LogP contribution >= 0.6 is 0 Å². The van der Waals surface area contributed by atoms with Crippen LogP contribution in [0.5, 0.6) is 0 Å². The number of aromatic amines is 1. The first-order chi connectivity index (χ1) is 8.88. The molecule has 2 N–H and O–H groups in total. The summed E-state index contributed by atoms with van der Waals surface area (Å²) in [5.74, 6) is 0.933. The number of hydrogen-bond acceptors (Lipinski definition) is 4. The minimum Gasteiger partial charge on any atom is -0.395 e. The monoisotopic (exact) mass is 249 g/mol. The Balaban J connectivity index is 1.75. The van der Waals surface area contributed by atoms with Gasteiger partial charge in [0.1, 0.15) is 5.82 Å². The zero-order valence-corrected chi connectivity index (χ0v) is 10.4. The van der Waals surface area contributed by atoms with Gasteiger partial charge < -0.3 is 10.1 Å². The Morgan fingerprint density at radius 3 is 2.94 bits per heavy atom. The molecule has 18 heavy (non-hydrogen) atoms. The Bertz CT molecular complexity index is 412. The highest BCUT2D eigenvalue weighted by Crippen LogP contribution is 2.00. The average Bonchev–Trinajstić information content (AvgIpc) is 3.02. The highest BCUT2D eigenvalue weighted by atomic mass is 16.3. The van der Waals surface area contributed by atoms with Gasteiger partial charge in [0.2, 0.25) is 0 Å². The number of imidazole rings is 1. The lowest BCUT2D eigenvalue weighted by molar-refractivity contribution is 0.183. The normalized spacial score (nSPS) is 11.2. The van der Waals surface area contributed by atoms with Gasteiger partial charge in [-0.1, -0.05) is 0 Å². The van der Waals surface area contributed by atoms with Crippen LogP contribution in [0.3, 0.4) is 0 Å². The smallest absolute Gasteiger partial charge is 0.120 e. The summed E-state index contributed by atoms with van der Waals surface area (Å²) in [6.07, 6.45) is 8.31. The van der Waals surface area contributed by atoms with Crippen LogP contribution in [0.15, 0.2) is 30.9 Å². The Labute approximate surface area is 106 Å². The second-order valence-corrected chi connectivity index (χ2v) is 4.16. The number of aryl methyl sites for hydroxylation is 1. The Hall–Kier alpha value is -1.66. The van der Waals surface area contributed by atoms with Gasteiger partial charge in [0.25, 0.3) is 0 Å². The van der Waals surface area contributed by atoms with Crippen LogP contribution in [-0.4, -0.2) is 49.5 Å². The lowest BCUT2D eigenvalue weighted by Gasteiger charge is -2.19. The molecule has 6 heteroatoms. The van der Waals surface area contributed by atoms with Crippen molar-refractivity contribution in [2.75, 3.05) is 19.7 Å². The second-order valence-electron chi connectivity index (χ2n) is 4.16. The molecule has 0 bridgehead atoms. The average molecular weight is 249 g/mol. The maximum absolute atomic E-state index is 9.06. The Kier molecular flexibility index (Phi) is 4.92. The first kappa shape index (κ1) is 12.8. The van der Waals surface area contributed by atoms with E-state index in [1.165, 1.54) is 0 Å². The van der Waals surface area contributed by atoms with Crippen molar-refractivity contribution in [2.45, 2.75) is 19.5 Å². The summed E-state index contributed by atoms with van der Waals surface area (Å²) in [6, 6.07) is 1.92. The van der Waals surface area contributed by atoms with Crippen LogP contribution in [0.2, 0.25) is 0 Å². The van der Waals surface area contributed by atoms with E-state index in [2.05, 4.69) is 20.0 Å². The van der Waals surface area contributed by atoms with E-state index >= 15 is 0 Å². The maximum atomic E-state index is 9.06. The largest absolute Gasteiger partial charge is 0.395 e. The van der Waals surface area contributed by atoms with E-state index < -0.39 is 0 Å². The third kappa shape index (κ3) is 3.97. The van der Waals surface area contributed by atoms with Crippen molar-refractivity contribution in [1.82, 2.24) is 24.6 Å². The van der Waals surface area contributed by atoms with Gasteiger partial charge in [-0.25, -0.2) is 4.98 Å². The molecule has 0 atom stereocenters. The van der Waals surface area contributed by atoms with Crippen molar-refractivity contribution in [2.24, 2.45) is 0 Å². The summed E-state index contributed by atoms with van der Waals surface area (Å²) >= 11 is 0. The van der Waals surface area contributed by atoms with Gasteiger partial charge >= 0.3 is 0 Å². The van der Waals surface area contributed by atoms with Crippen molar-refractivity contribution in [3.63, 3.8) is 0 Å². The summed E-state index contributed by atoms with van der Waals surface area (Å²) in [5.41, 5.74) is 0. The van der Waals surface area contributed by atoms with E-state index in [0.717, 1.165) is 31.9 Å². The zero-order chi connectivity index (χ0) is 12.6. The Morgan fingerprint density at radius 1 is 1.33 bits per heavy atom. The molecule has 6 nitrogen and oxygen atoms in total. The van der Waals surface area contributed by atoms with Gasteiger partial charge in [-0.2, -0.15) is 5.10 Å². The van der Waals surface area contributed by atoms with E-state index in [9.17, 15) is 0 Å². The summed E-state index contributed by atoms with van der Waals surface area (Å²) in [6.45, 7) is 3.39. The predicted octanol–water partition coefficient (Wildman–Crippen LogP) is 0.491. The number of nitrogens with one attached hydrogen (secondary N) is 1. The zero-order valence-electron chi connectivity index (χ0n) is 10.4. The third-order valence-corrected chi connectivity index (χ3v) is 2.77. The molecule has 0 saturated heterocycles. The molecule has 0 fully saturated rings. The van der Waals surface area contributed by atoms with E-state index in [0.29, 0.717) is 6.54 Å². The van der Waals surface area contributed by atoms with Crippen molar-refractivity contribution in [1.29, 1.82) is 0 Å². The van der Waals surface area contributed by atoms with Gasteiger partial charge in [0.15, 0.2) is 0 Å². The lowest BCUT2D eigenvalue weighted by atomic mass is 10.3. The number of nitrogens with zero attached hydrogens (tertiary/aromatic N) is 4. The van der Waals surface area contributed by atoms with Crippen LogP contribution in [-0.2, 0) is 13.1 Å². The first-order valence-corrected chi connectivity index (χ1v) is 6.17. The fraction of sp³-hybridized carbons (Fsp3) is 0.500. The van der Waals surface area contributed by atoms with Crippen molar-refractivity contribution >= 4 is 0 Å². The Morgan fingerprint density at radius 2 is 2.28 bits per heavy atom. The third-order valence-electron chi connectivity index (χ3n) is 2.77. The molecule has 2 rings (SSSR count). The van der Waals surface area contributed by atoms with Crippen LogP contribution in [0.4, 0.5) is 0 Å². The molecule has 0 saturated carbocycles. The van der Waals surface area contributed by atoms with Gasteiger partial charge in [0, 0.05) is 44.4 Å². The quantitative estimate of drug-likeness (QED) is 0.714. The van der Waals surface area contributed by atoms with E-state index in [1.54, 1.807) is 12.4 Å². The van der Waals surface area contributed by atoms with Crippen molar-refractivity contribution < 1.29 is 5.11 Å². The standard InChI is InChI=1S/C12H19N5O/c18-10-9-16(11-12-13-4-5-14-12)6-2-8-17-7-1-3-15-17/h1,3-5,7,18H,2,6,8-11H2,(H,13,14). The molecule has 0 aliphatic carbocycles. The van der Waals surface area contributed by atoms with Gasteiger partial charge in [-0.05, 0) is 12.5 Å². The molecule has 2 heterocycles. The molecular formula is C12H19N5O.